The number of methoxy groups -OCH3 is 1. The molecule has 0 spiro atoms. The van der Waals surface area contributed by atoms with Gasteiger partial charge in [0.2, 0.25) is 0 Å². The van der Waals surface area contributed by atoms with Gasteiger partial charge >= 0.3 is 16.4 Å². The average molecular weight is 244 g/mol. The van der Waals surface area contributed by atoms with Crippen molar-refractivity contribution in [2.24, 2.45) is 0 Å². The smallest absolute Gasteiger partial charge is 0.394 e. The van der Waals surface area contributed by atoms with Crippen LogP contribution in [0.5, 0.6) is 0 Å². The molecule has 0 aliphatic carbocycles. The Hall–Kier alpha value is -0.740. The molecule has 0 saturated heterocycles. The van der Waals surface area contributed by atoms with Crippen molar-refractivity contribution in [3.63, 3.8) is 0 Å². The summed E-state index contributed by atoms with van der Waals surface area (Å²) in [6.45, 7) is 0.625. The third-order valence-electron chi connectivity index (χ3n) is 0.985. The highest BCUT2D eigenvalue weighted by Gasteiger charge is 1.97. The first-order valence-electron chi connectivity index (χ1n) is 3.84. The molecular formula is C6H16N2O6S. The molecule has 0 aliphatic rings. The largest absolute Gasteiger partial charge is 0.469 e. The van der Waals surface area contributed by atoms with E-state index < -0.39 is 10.4 Å². The van der Waals surface area contributed by atoms with Crippen LogP contribution in [0.1, 0.15) is 6.42 Å². The first kappa shape index (κ1) is 16.7. The zero-order chi connectivity index (χ0) is 12.5. The number of ether oxygens (including phenoxy) is 1. The first-order valence-corrected chi connectivity index (χ1v) is 5.24. The van der Waals surface area contributed by atoms with Crippen molar-refractivity contribution in [2.45, 2.75) is 6.42 Å². The van der Waals surface area contributed by atoms with E-state index in [1.165, 1.54) is 7.11 Å². The lowest BCUT2D eigenvalue weighted by molar-refractivity contribution is -0.140. The summed E-state index contributed by atoms with van der Waals surface area (Å²) in [6, 6.07) is 0. The Morgan fingerprint density at radius 3 is 2.07 bits per heavy atom. The lowest BCUT2D eigenvalue weighted by Gasteiger charge is -2.10. The second-order valence-corrected chi connectivity index (χ2v) is 3.47. The Labute approximate surface area is 88.8 Å². The molecule has 0 aromatic carbocycles. The number of rotatable bonds is 4. The van der Waals surface area contributed by atoms with Gasteiger partial charge in [-0.1, -0.05) is 0 Å². The number of carbonyl (C=O) groups excluding carboxylic acids is 1. The maximum Gasteiger partial charge on any atom is 0.394 e. The third kappa shape index (κ3) is 31.9. The summed E-state index contributed by atoms with van der Waals surface area (Å²) in [5.74, 6) is -0.186. The van der Waals surface area contributed by atoms with Gasteiger partial charge in [0, 0.05) is 20.6 Å². The van der Waals surface area contributed by atoms with E-state index in [4.69, 9.17) is 17.5 Å². The highest BCUT2D eigenvalue weighted by molar-refractivity contribution is 7.79. The van der Waals surface area contributed by atoms with Crippen LogP contribution in [0.2, 0.25) is 0 Å². The molecule has 0 aliphatic heterocycles. The Balaban J connectivity index is 0. The highest BCUT2D eigenvalue weighted by atomic mass is 32.3. The SMILES string of the molecule is COC(=O)CCNN(C)C.O=S(=O)(O)O. The van der Waals surface area contributed by atoms with Gasteiger partial charge in [-0.05, 0) is 0 Å². The summed E-state index contributed by atoms with van der Waals surface area (Å²) in [4.78, 5) is 10.5. The Kier molecular flexibility index (Phi) is 9.52. The normalized spacial score (nSPS) is 10.5. The Morgan fingerprint density at radius 2 is 1.80 bits per heavy atom. The highest BCUT2D eigenvalue weighted by Crippen LogP contribution is 1.80. The van der Waals surface area contributed by atoms with Crippen LogP contribution in [-0.2, 0) is 19.9 Å². The van der Waals surface area contributed by atoms with Crippen LogP contribution in [0.4, 0.5) is 0 Å². The van der Waals surface area contributed by atoms with Gasteiger partial charge in [0.05, 0.1) is 13.5 Å². The molecule has 0 bridgehead atoms. The maximum atomic E-state index is 10.5. The molecular weight excluding hydrogens is 228 g/mol. The summed E-state index contributed by atoms with van der Waals surface area (Å²) >= 11 is 0. The topological polar surface area (TPSA) is 116 Å². The van der Waals surface area contributed by atoms with Gasteiger partial charge in [0.15, 0.2) is 0 Å². The van der Waals surface area contributed by atoms with Crippen molar-refractivity contribution < 1.29 is 27.1 Å². The van der Waals surface area contributed by atoms with Crippen LogP contribution < -0.4 is 5.43 Å². The minimum absolute atomic E-state index is 0.186. The monoisotopic (exact) mass is 244 g/mol. The van der Waals surface area contributed by atoms with Crippen LogP contribution in [0.3, 0.4) is 0 Å². The van der Waals surface area contributed by atoms with Crippen molar-refractivity contribution in [2.75, 3.05) is 27.7 Å². The Morgan fingerprint density at radius 1 is 1.40 bits per heavy atom. The second kappa shape index (κ2) is 8.56. The molecule has 3 N–H and O–H groups in total. The molecule has 15 heavy (non-hydrogen) atoms. The number of carbonyl (C=O) groups is 1. The quantitative estimate of drug-likeness (QED) is 0.326. The number of esters is 1. The molecule has 0 rings (SSSR count). The fraction of sp³-hybridized carbons (Fsp3) is 0.833. The van der Waals surface area contributed by atoms with E-state index in [1.54, 1.807) is 5.01 Å². The van der Waals surface area contributed by atoms with E-state index in [0.29, 0.717) is 13.0 Å². The second-order valence-electron chi connectivity index (χ2n) is 2.58. The number of nitrogens with zero attached hydrogens (tertiary/aromatic N) is 1. The molecule has 8 nitrogen and oxygen atoms in total. The standard InChI is InChI=1S/C6H14N2O2.H2O4S/c1-8(2)7-5-4-6(9)10-3;1-5(2,3)4/h7H,4-5H2,1-3H3;(H2,1,2,3,4). The molecule has 0 saturated carbocycles. The summed E-state index contributed by atoms with van der Waals surface area (Å²) in [5.41, 5.74) is 2.94. The first-order chi connectivity index (χ1) is 6.66. The molecule has 0 fully saturated rings. The van der Waals surface area contributed by atoms with E-state index in [0.717, 1.165) is 0 Å². The molecule has 92 valence electrons. The van der Waals surface area contributed by atoms with Crippen LogP contribution >= 0.6 is 0 Å². The summed E-state index contributed by atoms with van der Waals surface area (Å²) in [7, 11) is 0.465. The van der Waals surface area contributed by atoms with Crippen LogP contribution in [-0.4, -0.2) is 56.3 Å². The summed E-state index contributed by atoms with van der Waals surface area (Å²) < 4.78 is 36.0. The van der Waals surface area contributed by atoms with E-state index in [2.05, 4.69) is 10.2 Å². The van der Waals surface area contributed by atoms with Crippen LogP contribution in [0, 0.1) is 0 Å². The van der Waals surface area contributed by atoms with Gasteiger partial charge in [0.25, 0.3) is 0 Å². The zero-order valence-electron chi connectivity index (χ0n) is 8.80. The lowest BCUT2D eigenvalue weighted by Crippen LogP contribution is -2.32. The van der Waals surface area contributed by atoms with Crippen LogP contribution in [0.15, 0.2) is 0 Å². The van der Waals surface area contributed by atoms with Gasteiger partial charge in [-0.2, -0.15) is 8.42 Å². The number of hydrazine groups is 1. The van der Waals surface area contributed by atoms with E-state index in [9.17, 15) is 4.79 Å². The van der Waals surface area contributed by atoms with Crippen molar-refractivity contribution in [1.29, 1.82) is 0 Å². The Bertz CT molecular complexity index is 255. The minimum Gasteiger partial charge on any atom is -0.469 e. The van der Waals surface area contributed by atoms with E-state index >= 15 is 0 Å². The molecule has 0 atom stereocenters. The summed E-state index contributed by atoms with van der Waals surface area (Å²) in [6.07, 6.45) is 0.411. The molecule has 0 heterocycles. The minimum atomic E-state index is -4.67. The van der Waals surface area contributed by atoms with Crippen molar-refractivity contribution in [3.05, 3.63) is 0 Å². The van der Waals surface area contributed by atoms with E-state index in [1.807, 2.05) is 14.1 Å². The van der Waals surface area contributed by atoms with Gasteiger partial charge < -0.3 is 4.74 Å². The molecule has 9 heteroatoms. The zero-order valence-corrected chi connectivity index (χ0v) is 9.61. The average Bonchev–Trinajstić information content (AvgIpc) is 2.00. The van der Waals surface area contributed by atoms with Gasteiger partial charge in [0.1, 0.15) is 0 Å². The summed E-state index contributed by atoms with van der Waals surface area (Å²) in [5, 5.41) is 1.79. The molecule has 0 aromatic rings. The molecule has 0 amide bonds. The van der Waals surface area contributed by atoms with Crippen molar-refractivity contribution >= 4 is 16.4 Å². The van der Waals surface area contributed by atoms with Crippen molar-refractivity contribution in [1.82, 2.24) is 10.4 Å². The van der Waals surface area contributed by atoms with Gasteiger partial charge in [-0.3, -0.25) is 24.3 Å². The third-order valence-corrected chi connectivity index (χ3v) is 0.985. The molecule has 0 unspecified atom stereocenters. The predicted octanol–water partition coefficient (Wildman–Crippen LogP) is -1.04. The number of hydrogen-bond acceptors (Lipinski definition) is 6. The van der Waals surface area contributed by atoms with Gasteiger partial charge in [-0.15, -0.1) is 0 Å². The molecule has 0 aromatic heterocycles. The van der Waals surface area contributed by atoms with Crippen molar-refractivity contribution in [3.8, 4) is 0 Å². The number of nitrogens with one attached hydrogen (secondary N) is 1. The predicted molar refractivity (Wildman–Crippen MR) is 52.5 cm³/mol. The van der Waals surface area contributed by atoms with E-state index in [-0.39, 0.29) is 5.97 Å². The fourth-order valence-electron chi connectivity index (χ4n) is 0.484. The number of hydrogen-bond donors (Lipinski definition) is 3. The lowest BCUT2D eigenvalue weighted by atomic mass is 10.4. The molecule has 0 radical (unpaired) electrons. The van der Waals surface area contributed by atoms with Crippen LogP contribution in [0.25, 0.3) is 0 Å². The fourth-order valence-corrected chi connectivity index (χ4v) is 0.484. The van der Waals surface area contributed by atoms with Gasteiger partial charge in [-0.25, -0.2) is 0 Å². The maximum absolute atomic E-state index is 10.5.